The molecule has 12 rings (SSSR count). The van der Waals surface area contributed by atoms with E-state index in [9.17, 15) is 0 Å². The van der Waals surface area contributed by atoms with E-state index in [1.54, 1.807) is 0 Å². The van der Waals surface area contributed by atoms with E-state index in [0.29, 0.717) is 22.3 Å². The Balaban J connectivity index is 1.20. The quantitative estimate of drug-likeness (QED) is 0.165. The third kappa shape index (κ3) is 5.07. The Bertz CT molecular complexity index is 3800. The van der Waals surface area contributed by atoms with E-state index in [0.717, 1.165) is 70.9 Å². The fourth-order valence-electron chi connectivity index (χ4n) is 8.52. The molecule has 0 spiro atoms. The van der Waals surface area contributed by atoms with Crippen LogP contribution in [0.15, 0.2) is 198 Å². The van der Waals surface area contributed by atoms with Crippen LogP contribution < -0.4 is 0 Å². The van der Waals surface area contributed by atoms with Crippen molar-refractivity contribution in [3.8, 4) is 51.0 Å². The van der Waals surface area contributed by atoms with E-state index < -0.39 is 30.2 Å². The maximum Gasteiger partial charge on any atom is 0.167 e. The van der Waals surface area contributed by atoms with Crippen LogP contribution in [0, 0.1) is 0 Å². The molecule has 0 fully saturated rings. The molecule has 0 unspecified atom stereocenters. The maximum absolute atomic E-state index is 9.00. The predicted octanol–water partition coefficient (Wildman–Crippen LogP) is 13.8. The smallest absolute Gasteiger partial charge is 0.167 e. The summed E-state index contributed by atoms with van der Waals surface area (Å²) in [6.45, 7) is 0. The number of aromatic nitrogens is 4. The number of hydrogen-bond donors (Lipinski definition) is 0. The second kappa shape index (κ2) is 12.8. The summed E-state index contributed by atoms with van der Waals surface area (Å²) in [5.74, 6) is 0.434. The molecule has 5 nitrogen and oxygen atoms in total. The van der Waals surface area contributed by atoms with Gasteiger partial charge in [0.2, 0.25) is 0 Å². The monoisotopic (exact) mass is 745 g/mol. The fraction of sp³-hybridized carbons (Fsp3) is 0. The zero-order valence-corrected chi connectivity index (χ0v) is 30.8. The highest BCUT2D eigenvalue weighted by molar-refractivity contribution is 6.17. The molecule has 0 aliphatic rings. The lowest BCUT2D eigenvalue weighted by Gasteiger charge is -2.13. The summed E-state index contributed by atoms with van der Waals surface area (Å²) in [6, 6.07) is 53.2. The molecule has 0 bridgehead atoms. The van der Waals surface area contributed by atoms with E-state index in [1.165, 1.54) is 0 Å². The van der Waals surface area contributed by atoms with E-state index in [4.69, 9.17) is 26.2 Å². The second-order valence-corrected chi connectivity index (χ2v) is 14.4. The van der Waals surface area contributed by atoms with Crippen LogP contribution in [-0.2, 0) is 0 Å². The Hall–Kier alpha value is -7.89. The van der Waals surface area contributed by atoms with E-state index >= 15 is 0 Å². The largest absolute Gasteiger partial charge is 0.455 e. The van der Waals surface area contributed by atoms with Gasteiger partial charge in [0.15, 0.2) is 17.5 Å². The lowest BCUT2D eigenvalue weighted by atomic mass is 9.98. The summed E-state index contributed by atoms with van der Waals surface area (Å²) in [5.41, 5.74) is 7.19. The van der Waals surface area contributed by atoms with Gasteiger partial charge in [-0.1, -0.05) is 158 Å². The summed E-state index contributed by atoms with van der Waals surface area (Å²) in [5, 5.41) is 8.23. The summed E-state index contributed by atoms with van der Waals surface area (Å²) in [7, 11) is 0. The van der Waals surface area contributed by atoms with Crippen molar-refractivity contribution in [1.82, 2.24) is 19.5 Å². The molecule has 0 radical (unpaired) electrons. The molecule has 0 aliphatic carbocycles. The third-order valence-corrected chi connectivity index (χ3v) is 11.1. The highest BCUT2D eigenvalue weighted by Crippen LogP contribution is 2.43. The molecule has 9 aromatic carbocycles. The highest BCUT2D eigenvalue weighted by Gasteiger charge is 2.23. The average Bonchev–Trinajstić information content (AvgIpc) is 3.88. The van der Waals surface area contributed by atoms with Crippen molar-refractivity contribution in [2.45, 2.75) is 0 Å². The molecule has 5 heteroatoms. The number of benzene rings is 9. The van der Waals surface area contributed by atoms with Crippen LogP contribution in [0.5, 0.6) is 0 Å². The van der Waals surface area contributed by atoms with E-state index in [2.05, 4.69) is 77.4 Å². The average molecular weight is 746 g/mol. The number of nitrogens with zero attached hydrogens (tertiary/aromatic N) is 4. The van der Waals surface area contributed by atoms with Crippen molar-refractivity contribution in [3.05, 3.63) is 194 Å². The van der Waals surface area contributed by atoms with Gasteiger partial charge in [0.05, 0.1) is 23.5 Å². The van der Waals surface area contributed by atoms with Gasteiger partial charge in [-0.2, -0.15) is 0 Å². The zero-order chi connectivity index (χ0) is 42.5. The van der Waals surface area contributed by atoms with Crippen LogP contribution in [0.1, 0.15) is 6.85 Å². The molecule has 270 valence electrons. The Morgan fingerprint density at radius 3 is 1.88 bits per heavy atom. The first-order valence-electron chi connectivity index (χ1n) is 21.6. The molecule has 0 atom stereocenters. The molecule has 0 aliphatic heterocycles. The van der Waals surface area contributed by atoms with Gasteiger partial charge in [0.1, 0.15) is 11.2 Å². The van der Waals surface area contributed by atoms with Crippen LogP contribution in [0.25, 0.3) is 116 Å². The van der Waals surface area contributed by atoms with Crippen LogP contribution in [0.4, 0.5) is 0 Å². The van der Waals surface area contributed by atoms with E-state index in [-0.39, 0.29) is 23.0 Å². The SMILES string of the molecule is [2H]c1c([2H])c([2H])c(-c2nc(-c3ccc4c(ccc5ccccc54)c3)nc(-c3cc(-n4c5ccccc5c5ccccc54)cc4c3oc3cccc(-c5ccccc5)c34)n2)c([2H])c1[2H]. The van der Waals surface area contributed by atoms with Gasteiger partial charge in [0.25, 0.3) is 0 Å². The molecular weight excluding hydrogens is 709 g/mol. The first kappa shape index (κ1) is 27.7. The van der Waals surface area contributed by atoms with Gasteiger partial charge in [-0.15, -0.1) is 0 Å². The van der Waals surface area contributed by atoms with Crippen LogP contribution in [-0.4, -0.2) is 19.5 Å². The summed E-state index contributed by atoms with van der Waals surface area (Å²) < 4.78 is 52.6. The molecular formula is C53H32N4O. The molecule has 3 heterocycles. The maximum atomic E-state index is 9.00. The zero-order valence-electron chi connectivity index (χ0n) is 35.8. The van der Waals surface area contributed by atoms with Gasteiger partial charge < -0.3 is 8.98 Å². The van der Waals surface area contributed by atoms with Gasteiger partial charge in [-0.05, 0) is 69.1 Å². The number of fused-ring (bicyclic) bond motifs is 9. The number of hydrogen-bond acceptors (Lipinski definition) is 4. The van der Waals surface area contributed by atoms with Crippen molar-refractivity contribution in [1.29, 1.82) is 0 Å². The number of para-hydroxylation sites is 2. The molecule has 0 saturated carbocycles. The first-order chi connectivity index (χ1) is 30.8. The summed E-state index contributed by atoms with van der Waals surface area (Å²) in [4.78, 5) is 15.1. The standard InChI is InChI=1S/C53H32N4O/c1-3-14-33(15-4-1)41-22-13-25-48-49(41)44-31-38(57-46-23-11-9-20-42(46)43-21-10-12-24-47(43)57)32-45(50(44)58-48)53-55-51(35-17-5-2-6-18-35)54-52(56-53)37-28-29-40-36(30-37)27-26-34-16-7-8-19-39(34)40/h1-32H/i2D,5D,6D,17D,18D. The molecule has 0 N–H and O–H groups in total. The van der Waals surface area contributed by atoms with Gasteiger partial charge in [-0.3, -0.25) is 0 Å². The fourth-order valence-corrected chi connectivity index (χ4v) is 8.52. The van der Waals surface area contributed by atoms with Gasteiger partial charge >= 0.3 is 0 Å². The molecule has 58 heavy (non-hydrogen) atoms. The minimum Gasteiger partial charge on any atom is -0.455 e. The summed E-state index contributed by atoms with van der Waals surface area (Å²) >= 11 is 0. The van der Waals surface area contributed by atoms with Gasteiger partial charge in [0, 0.05) is 38.4 Å². The Morgan fingerprint density at radius 2 is 1.09 bits per heavy atom. The van der Waals surface area contributed by atoms with Crippen molar-refractivity contribution >= 4 is 65.3 Å². The minimum atomic E-state index is -0.498. The molecule has 0 saturated heterocycles. The predicted molar refractivity (Wildman–Crippen MR) is 238 cm³/mol. The Labute approximate surface area is 340 Å². The number of rotatable bonds is 5. The van der Waals surface area contributed by atoms with Crippen LogP contribution in [0.2, 0.25) is 0 Å². The first-order valence-corrected chi connectivity index (χ1v) is 19.1. The normalized spacial score (nSPS) is 13.0. The Kier molecular flexibility index (Phi) is 6.12. The van der Waals surface area contributed by atoms with Gasteiger partial charge in [-0.25, -0.2) is 15.0 Å². The summed E-state index contributed by atoms with van der Waals surface area (Å²) in [6.07, 6.45) is 0. The van der Waals surface area contributed by atoms with Crippen molar-refractivity contribution in [2.75, 3.05) is 0 Å². The third-order valence-electron chi connectivity index (χ3n) is 11.1. The number of furan rings is 1. The van der Waals surface area contributed by atoms with E-state index in [1.807, 2.05) is 91.0 Å². The molecule has 3 aromatic heterocycles. The topological polar surface area (TPSA) is 56.7 Å². The highest BCUT2D eigenvalue weighted by atomic mass is 16.3. The lowest BCUT2D eigenvalue weighted by molar-refractivity contribution is 0.669. The Morgan fingerprint density at radius 1 is 0.431 bits per heavy atom. The van der Waals surface area contributed by atoms with Crippen molar-refractivity contribution in [3.63, 3.8) is 0 Å². The van der Waals surface area contributed by atoms with Crippen LogP contribution >= 0.6 is 0 Å². The van der Waals surface area contributed by atoms with Crippen molar-refractivity contribution < 1.29 is 11.3 Å². The van der Waals surface area contributed by atoms with Crippen molar-refractivity contribution in [2.24, 2.45) is 0 Å². The minimum absolute atomic E-state index is 0.0536. The molecule has 0 amide bonds. The van der Waals surface area contributed by atoms with Crippen LogP contribution in [0.3, 0.4) is 0 Å². The second-order valence-electron chi connectivity index (χ2n) is 14.4. The lowest BCUT2D eigenvalue weighted by Crippen LogP contribution is -2.01. The molecule has 12 aromatic rings.